The minimum Gasteiger partial charge on any atom is -0.289 e. The summed E-state index contributed by atoms with van der Waals surface area (Å²) < 4.78 is 97.0. The fourth-order valence-corrected chi connectivity index (χ4v) is 5.06. The van der Waals surface area contributed by atoms with Gasteiger partial charge < -0.3 is 0 Å². The second-order valence-electron chi connectivity index (χ2n) is 9.35. The van der Waals surface area contributed by atoms with Gasteiger partial charge in [0.05, 0.1) is 33.9 Å². The first kappa shape index (κ1) is 28.0. The van der Waals surface area contributed by atoms with Gasteiger partial charge in [-0.1, -0.05) is 6.07 Å². The van der Waals surface area contributed by atoms with E-state index in [0.29, 0.717) is 5.56 Å². The van der Waals surface area contributed by atoms with Gasteiger partial charge in [0.25, 0.3) is 0 Å². The van der Waals surface area contributed by atoms with E-state index in [9.17, 15) is 51.7 Å². The Morgan fingerprint density at radius 3 is 1.52 bits per heavy atom. The Balaban J connectivity index is 1.90. The van der Waals surface area contributed by atoms with Crippen LogP contribution in [-0.2, 0) is 12.4 Å². The average molecular weight is 577 g/mol. The first-order valence-electron chi connectivity index (χ1n) is 11.7. The van der Waals surface area contributed by atoms with Crippen LogP contribution >= 0.6 is 0 Å². The quantitative estimate of drug-likeness (QED) is 0.210. The summed E-state index contributed by atoms with van der Waals surface area (Å²) >= 11 is 0. The summed E-state index contributed by atoms with van der Waals surface area (Å²) in [6, 6.07) is 10.6. The second kappa shape index (κ2) is 9.25. The van der Waals surface area contributed by atoms with E-state index in [1.165, 1.54) is 24.3 Å². The number of benzene rings is 3. The van der Waals surface area contributed by atoms with Crippen molar-refractivity contribution in [2.45, 2.75) is 19.3 Å². The number of hydrogen-bond acceptors (Lipinski definition) is 5. The van der Waals surface area contributed by atoms with Crippen molar-refractivity contribution in [2.24, 2.45) is 0 Å². The van der Waals surface area contributed by atoms with Gasteiger partial charge in [0.15, 0.2) is 10.9 Å². The van der Waals surface area contributed by atoms with E-state index >= 15 is 4.39 Å². The standard InChI is InChI=1S/C30H10F7N3O2/c1-12-4-13(2-3-14(12)9-38)22-20(10-39)24-18(27(22)41)8-19-25(26(24)31)21(11-40)23(28(19)42)15-5-16(29(32,33)34)7-17(6-15)30(35,36)37/h2-8H,1H3. The minimum atomic E-state index is -5.26. The largest absolute Gasteiger partial charge is 0.416 e. The van der Waals surface area contributed by atoms with Gasteiger partial charge in [-0.25, -0.2) is 4.39 Å². The third kappa shape index (κ3) is 4.06. The molecule has 0 atom stereocenters. The van der Waals surface area contributed by atoms with E-state index in [1.54, 1.807) is 13.0 Å². The first-order valence-corrected chi connectivity index (χ1v) is 11.7. The third-order valence-corrected chi connectivity index (χ3v) is 6.95. The molecule has 0 aliphatic carbocycles. The summed E-state index contributed by atoms with van der Waals surface area (Å²) in [4.78, 5) is 26.8. The van der Waals surface area contributed by atoms with Crippen LogP contribution in [0.15, 0.2) is 52.1 Å². The lowest BCUT2D eigenvalue weighted by molar-refractivity contribution is -0.143. The Labute approximate surface area is 230 Å². The van der Waals surface area contributed by atoms with Gasteiger partial charge in [-0.15, -0.1) is 0 Å². The van der Waals surface area contributed by atoms with Crippen LogP contribution in [0.5, 0.6) is 0 Å². The van der Waals surface area contributed by atoms with E-state index in [4.69, 9.17) is 0 Å². The third-order valence-electron chi connectivity index (χ3n) is 6.95. The predicted octanol–water partition coefficient (Wildman–Crippen LogP) is 7.02. The van der Waals surface area contributed by atoms with Gasteiger partial charge in [0.1, 0.15) is 18.0 Å². The molecule has 0 saturated carbocycles. The van der Waals surface area contributed by atoms with Crippen LogP contribution in [-0.4, -0.2) is 0 Å². The average Bonchev–Trinajstić information content (AvgIpc) is 3.38. The lowest BCUT2D eigenvalue weighted by atomic mass is 9.97. The number of halogens is 7. The summed E-state index contributed by atoms with van der Waals surface area (Å²) in [6.45, 7) is 1.57. The van der Waals surface area contributed by atoms with Gasteiger partial charge in [0.2, 0.25) is 0 Å². The van der Waals surface area contributed by atoms with Crippen molar-refractivity contribution in [3.05, 3.63) is 102 Å². The highest BCUT2D eigenvalue weighted by atomic mass is 19.4. The molecule has 0 bridgehead atoms. The monoisotopic (exact) mass is 577 g/mol. The van der Waals surface area contributed by atoms with E-state index in [1.807, 2.05) is 6.07 Å². The van der Waals surface area contributed by atoms with Crippen molar-refractivity contribution >= 4 is 21.5 Å². The lowest BCUT2D eigenvalue weighted by Crippen LogP contribution is -2.12. The van der Waals surface area contributed by atoms with E-state index < -0.39 is 84.0 Å². The SMILES string of the molecule is Cc1cc(-c2c(C#N)c3c(F)c4c(C#N)c(-c5cc(C(F)(F)F)cc(C(F)(F)F)c5)c(=O)c4cc3c2=O)ccc1C#N. The minimum absolute atomic E-state index is 0.160. The molecule has 5 nitrogen and oxygen atoms in total. The predicted molar refractivity (Wildman–Crippen MR) is 136 cm³/mol. The van der Waals surface area contributed by atoms with Crippen LogP contribution in [0.4, 0.5) is 30.7 Å². The van der Waals surface area contributed by atoms with Gasteiger partial charge in [0, 0.05) is 32.7 Å². The highest BCUT2D eigenvalue weighted by Gasteiger charge is 2.38. The number of nitriles is 3. The van der Waals surface area contributed by atoms with E-state index in [2.05, 4.69) is 0 Å². The molecule has 5 aromatic carbocycles. The van der Waals surface area contributed by atoms with E-state index in [-0.39, 0.29) is 34.9 Å². The zero-order valence-corrected chi connectivity index (χ0v) is 20.8. The Bertz CT molecular complexity index is 2190. The molecule has 0 heterocycles. The molecule has 0 saturated heterocycles. The van der Waals surface area contributed by atoms with Crippen LogP contribution in [0.2, 0.25) is 0 Å². The maximum Gasteiger partial charge on any atom is 0.416 e. The van der Waals surface area contributed by atoms with Gasteiger partial charge in [-0.2, -0.15) is 42.1 Å². The van der Waals surface area contributed by atoms with Crippen molar-refractivity contribution in [1.82, 2.24) is 0 Å². The molecule has 42 heavy (non-hydrogen) atoms. The van der Waals surface area contributed by atoms with Crippen LogP contribution < -0.4 is 10.9 Å². The second-order valence-corrected chi connectivity index (χ2v) is 9.35. The highest BCUT2D eigenvalue weighted by molar-refractivity contribution is 6.10. The molecule has 0 fully saturated rings. The number of nitrogens with zero attached hydrogens (tertiary/aromatic N) is 3. The molecule has 0 aliphatic rings. The van der Waals surface area contributed by atoms with Gasteiger partial charge in [-0.05, 0) is 60.0 Å². The zero-order valence-electron chi connectivity index (χ0n) is 20.8. The number of rotatable bonds is 2. The van der Waals surface area contributed by atoms with Crippen molar-refractivity contribution in [3.8, 4) is 40.5 Å². The lowest BCUT2D eigenvalue weighted by Gasteiger charge is -2.14. The molecule has 5 aromatic rings. The number of aryl methyl sites for hydroxylation is 1. The summed E-state index contributed by atoms with van der Waals surface area (Å²) in [7, 11) is 0. The normalized spacial score (nSPS) is 11.9. The maximum absolute atomic E-state index is 16.1. The van der Waals surface area contributed by atoms with Crippen molar-refractivity contribution < 1.29 is 30.7 Å². The van der Waals surface area contributed by atoms with Crippen LogP contribution in [0.1, 0.15) is 33.4 Å². The van der Waals surface area contributed by atoms with Crippen LogP contribution in [0.25, 0.3) is 43.8 Å². The molecule has 0 radical (unpaired) electrons. The number of hydrogen-bond donors (Lipinski definition) is 0. The van der Waals surface area contributed by atoms with Crippen LogP contribution in [0.3, 0.4) is 0 Å². The molecule has 0 unspecified atom stereocenters. The van der Waals surface area contributed by atoms with Crippen LogP contribution in [0, 0.1) is 46.7 Å². The topological polar surface area (TPSA) is 106 Å². The molecule has 5 rings (SSSR count). The molecule has 0 amide bonds. The molecule has 12 heteroatoms. The first-order chi connectivity index (χ1) is 19.6. The Morgan fingerprint density at radius 2 is 1.12 bits per heavy atom. The smallest absolute Gasteiger partial charge is 0.289 e. The molecular weight excluding hydrogens is 567 g/mol. The fourth-order valence-electron chi connectivity index (χ4n) is 5.06. The summed E-state index contributed by atoms with van der Waals surface area (Å²) in [5, 5.41) is 26.5. The van der Waals surface area contributed by atoms with E-state index in [0.717, 1.165) is 6.07 Å². The molecule has 0 spiro atoms. The van der Waals surface area contributed by atoms with Gasteiger partial charge in [-0.3, -0.25) is 9.59 Å². The van der Waals surface area contributed by atoms with Crippen molar-refractivity contribution in [3.63, 3.8) is 0 Å². The Morgan fingerprint density at radius 1 is 0.643 bits per heavy atom. The Kier molecular flexibility index (Phi) is 6.17. The fraction of sp³-hybridized carbons (Fsp3) is 0.100. The summed E-state index contributed by atoms with van der Waals surface area (Å²) in [6.07, 6.45) is -10.5. The number of alkyl halides is 6. The molecular formula is C30H10F7N3O2. The van der Waals surface area contributed by atoms with Crippen molar-refractivity contribution in [1.29, 1.82) is 15.8 Å². The molecule has 206 valence electrons. The molecule has 0 aliphatic heterocycles. The zero-order chi connectivity index (χ0) is 30.9. The number of fused-ring (bicyclic) bond motifs is 2. The maximum atomic E-state index is 16.1. The summed E-state index contributed by atoms with van der Waals surface area (Å²) in [5.74, 6) is -1.38. The molecule has 0 aromatic heterocycles. The van der Waals surface area contributed by atoms with Crippen molar-refractivity contribution in [2.75, 3.05) is 0 Å². The Hall–Kier alpha value is -5.54. The summed E-state index contributed by atoms with van der Waals surface area (Å²) in [5.41, 5.74) is -8.18. The van der Waals surface area contributed by atoms with Gasteiger partial charge >= 0.3 is 12.4 Å². The molecule has 0 N–H and O–H groups in total. The highest BCUT2D eigenvalue weighted by Crippen LogP contribution is 2.42.